The first-order valence-electron chi connectivity index (χ1n) is 5.67. The number of benzene rings is 1. The molecule has 0 radical (unpaired) electrons. The van der Waals surface area contributed by atoms with Gasteiger partial charge in [-0.1, -0.05) is 0 Å². The topological polar surface area (TPSA) is 82.2 Å². The minimum atomic E-state index is -0.444. The predicted octanol–water partition coefficient (Wildman–Crippen LogP) is 1.51. The van der Waals surface area contributed by atoms with Crippen LogP contribution in [0.2, 0.25) is 0 Å². The van der Waals surface area contributed by atoms with Gasteiger partial charge in [-0.05, 0) is 19.2 Å². The van der Waals surface area contributed by atoms with Crippen molar-refractivity contribution < 1.29 is 9.66 Å². The number of nitro groups is 1. The summed E-state index contributed by atoms with van der Waals surface area (Å²) in [6.07, 6.45) is 1.74. The lowest BCUT2D eigenvalue weighted by molar-refractivity contribution is -0.384. The van der Waals surface area contributed by atoms with Gasteiger partial charge in [-0.25, -0.2) is 4.68 Å². The fraction of sp³-hybridized carbons (Fsp3) is 0.250. The van der Waals surface area contributed by atoms with Gasteiger partial charge in [0.1, 0.15) is 11.4 Å². The van der Waals surface area contributed by atoms with E-state index in [0.29, 0.717) is 18.0 Å². The van der Waals surface area contributed by atoms with E-state index in [1.807, 2.05) is 13.1 Å². The Hall–Kier alpha value is -2.41. The number of hydrogen-bond acceptors (Lipinski definition) is 5. The molecule has 0 unspecified atom stereocenters. The Labute approximate surface area is 110 Å². The Bertz CT molecular complexity index is 594. The van der Waals surface area contributed by atoms with Crippen molar-refractivity contribution in [1.82, 2.24) is 15.1 Å². The number of rotatable bonds is 5. The van der Waals surface area contributed by atoms with Gasteiger partial charge in [0, 0.05) is 24.9 Å². The molecule has 100 valence electrons. The highest BCUT2D eigenvalue weighted by atomic mass is 16.6. The molecule has 1 aromatic heterocycles. The Morgan fingerprint density at radius 3 is 2.89 bits per heavy atom. The first-order chi connectivity index (χ1) is 9.15. The average molecular weight is 262 g/mol. The van der Waals surface area contributed by atoms with Crippen LogP contribution in [0.1, 0.15) is 5.69 Å². The van der Waals surface area contributed by atoms with Crippen molar-refractivity contribution in [2.45, 2.75) is 6.54 Å². The van der Waals surface area contributed by atoms with Gasteiger partial charge in [0.15, 0.2) is 0 Å². The largest absolute Gasteiger partial charge is 0.494 e. The Morgan fingerprint density at radius 2 is 2.26 bits per heavy atom. The molecule has 1 N–H and O–H groups in total. The summed E-state index contributed by atoms with van der Waals surface area (Å²) in [4.78, 5) is 10.4. The third-order valence-electron chi connectivity index (χ3n) is 2.62. The Morgan fingerprint density at radius 1 is 1.47 bits per heavy atom. The molecule has 7 heteroatoms. The highest BCUT2D eigenvalue weighted by Crippen LogP contribution is 2.27. The number of nitrogens with one attached hydrogen (secondary N) is 1. The van der Waals surface area contributed by atoms with E-state index in [1.54, 1.807) is 16.9 Å². The minimum Gasteiger partial charge on any atom is -0.494 e. The molecule has 2 rings (SSSR count). The monoisotopic (exact) mass is 262 g/mol. The second-order valence-corrected chi connectivity index (χ2v) is 3.90. The van der Waals surface area contributed by atoms with Crippen LogP contribution in [0.25, 0.3) is 5.69 Å². The normalized spacial score (nSPS) is 10.4. The van der Waals surface area contributed by atoms with Gasteiger partial charge < -0.3 is 10.1 Å². The number of methoxy groups -OCH3 is 1. The van der Waals surface area contributed by atoms with Crippen LogP contribution < -0.4 is 10.1 Å². The maximum Gasteiger partial charge on any atom is 0.271 e. The van der Waals surface area contributed by atoms with Crippen molar-refractivity contribution in [1.29, 1.82) is 0 Å². The molecule has 0 amide bonds. The Kier molecular flexibility index (Phi) is 3.76. The molecule has 0 saturated heterocycles. The zero-order chi connectivity index (χ0) is 13.8. The van der Waals surface area contributed by atoms with E-state index in [9.17, 15) is 10.1 Å². The lowest BCUT2D eigenvalue weighted by Gasteiger charge is -2.08. The molecular formula is C12H14N4O3. The van der Waals surface area contributed by atoms with E-state index in [4.69, 9.17) is 4.74 Å². The van der Waals surface area contributed by atoms with E-state index in [1.165, 1.54) is 19.2 Å². The van der Waals surface area contributed by atoms with Crippen LogP contribution in [-0.2, 0) is 6.54 Å². The molecule has 19 heavy (non-hydrogen) atoms. The van der Waals surface area contributed by atoms with Crippen LogP contribution >= 0.6 is 0 Å². The number of hydrogen-bond donors (Lipinski definition) is 1. The van der Waals surface area contributed by atoms with Crippen molar-refractivity contribution in [2.24, 2.45) is 0 Å². The zero-order valence-electron chi connectivity index (χ0n) is 10.7. The summed E-state index contributed by atoms with van der Waals surface area (Å²) < 4.78 is 6.77. The van der Waals surface area contributed by atoms with Crippen molar-refractivity contribution in [3.05, 3.63) is 46.3 Å². The molecule has 0 fully saturated rings. The summed E-state index contributed by atoms with van der Waals surface area (Å²) in [5.74, 6) is 0.532. The van der Waals surface area contributed by atoms with Crippen molar-refractivity contribution in [3.63, 3.8) is 0 Å². The summed E-state index contributed by atoms with van der Waals surface area (Å²) in [5.41, 5.74) is 1.39. The van der Waals surface area contributed by atoms with E-state index >= 15 is 0 Å². The second kappa shape index (κ2) is 5.49. The Balaban J connectivity index is 2.45. The van der Waals surface area contributed by atoms with Gasteiger partial charge in [0.25, 0.3) is 5.69 Å². The molecule has 0 atom stereocenters. The smallest absolute Gasteiger partial charge is 0.271 e. The molecule has 0 aliphatic heterocycles. The zero-order valence-corrected chi connectivity index (χ0v) is 10.7. The predicted molar refractivity (Wildman–Crippen MR) is 69.5 cm³/mol. The maximum atomic E-state index is 10.8. The third kappa shape index (κ3) is 2.71. The van der Waals surface area contributed by atoms with Crippen molar-refractivity contribution in [3.8, 4) is 11.4 Å². The van der Waals surface area contributed by atoms with Gasteiger partial charge in [0.2, 0.25) is 0 Å². The third-order valence-corrected chi connectivity index (χ3v) is 2.62. The molecule has 0 bridgehead atoms. The molecule has 0 aliphatic carbocycles. The standard InChI is InChI=1S/C12H14N4O3/c1-13-8-9-5-6-15(14-9)11-7-10(16(17)18)3-4-12(11)19-2/h3-7,13H,8H2,1-2H3. The molecular weight excluding hydrogens is 248 g/mol. The van der Waals surface area contributed by atoms with Crippen LogP contribution in [0.4, 0.5) is 5.69 Å². The van der Waals surface area contributed by atoms with Gasteiger partial charge >= 0.3 is 0 Å². The second-order valence-electron chi connectivity index (χ2n) is 3.90. The molecule has 0 saturated carbocycles. The minimum absolute atomic E-state index is 0.00136. The fourth-order valence-electron chi connectivity index (χ4n) is 1.74. The van der Waals surface area contributed by atoms with Crippen LogP contribution in [0, 0.1) is 10.1 Å². The van der Waals surface area contributed by atoms with E-state index in [0.717, 1.165) is 5.69 Å². The number of ether oxygens (including phenoxy) is 1. The van der Waals surface area contributed by atoms with Gasteiger partial charge in [-0.2, -0.15) is 5.10 Å². The number of nitro benzene ring substituents is 1. The molecule has 7 nitrogen and oxygen atoms in total. The summed E-state index contributed by atoms with van der Waals surface area (Å²) in [6.45, 7) is 0.629. The van der Waals surface area contributed by atoms with Gasteiger partial charge in [-0.15, -0.1) is 0 Å². The lowest BCUT2D eigenvalue weighted by Crippen LogP contribution is -2.07. The number of aromatic nitrogens is 2. The van der Waals surface area contributed by atoms with E-state index in [-0.39, 0.29) is 5.69 Å². The number of nitrogens with zero attached hydrogens (tertiary/aromatic N) is 3. The SMILES string of the molecule is CNCc1ccn(-c2cc([N+](=O)[O-])ccc2OC)n1. The quantitative estimate of drug-likeness (QED) is 0.652. The molecule has 0 spiro atoms. The van der Waals surface area contributed by atoms with Gasteiger partial charge in [0.05, 0.1) is 17.7 Å². The molecule has 1 aromatic carbocycles. The lowest BCUT2D eigenvalue weighted by atomic mass is 10.2. The van der Waals surface area contributed by atoms with Crippen LogP contribution in [0.3, 0.4) is 0 Å². The maximum absolute atomic E-state index is 10.8. The molecule has 2 aromatic rings. The first kappa shape index (κ1) is 13.0. The summed E-state index contributed by atoms with van der Waals surface area (Å²) >= 11 is 0. The van der Waals surface area contributed by atoms with Crippen molar-refractivity contribution >= 4 is 5.69 Å². The summed E-state index contributed by atoms with van der Waals surface area (Å²) in [5, 5.41) is 18.1. The van der Waals surface area contributed by atoms with Gasteiger partial charge in [-0.3, -0.25) is 10.1 Å². The van der Waals surface area contributed by atoms with Crippen molar-refractivity contribution in [2.75, 3.05) is 14.2 Å². The summed E-state index contributed by atoms with van der Waals surface area (Å²) in [6, 6.07) is 6.25. The van der Waals surface area contributed by atoms with Crippen LogP contribution in [0.15, 0.2) is 30.5 Å². The molecule has 0 aliphatic rings. The summed E-state index contributed by atoms with van der Waals surface area (Å²) in [7, 11) is 3.34. The van der Waals surface area contributed by atoms with E-state index in [2.05, 4.69) is 10.4 Å². The first-order valence-corrected chi connectivity index (χ1v) is 5.67. The average Bonchev–Trinajstić information content (AvgIpc) is 2.87. The van der Waals surface area contributed by atoms with Crippen LogP contribution in [0.5, 0.6) is 5.75 Å². The molecule has 1 heterocycles. The highest BCUT2D eigenvalue weighted by Gasteiger charge is 2.13. The van der Waals surface area contributed by atoms with E-state index < -0.39 is 4.92 Å². The number of non-ortho nitro benzene ring substituents is 1. The van der Waals surface area contributed by atoms with Crippen LogP contribution in [-0.4, -0.2) is 28.9 Å². The highest BCUT2D eigenvalue weighted by molar-refractivity contribution is 5.53. The fourth-order valence-corrected chi connectivity index (χ4v) is 1.74.